The highest BCUT2D eigenvalue weighted by molar-refractivity contribution is 5.82. The van der Waals surface area contributed by atoms with Gasteiger partial charge in [0.05, 0.1) is 0 Å². The van der Waals surface area contributed by atoms with Gasteiger partial charge in [-0.25, -0.2) is 9.79 Å². The lowest BCUT2D eigenvalue weighted by Crippen LogP contribution is -2.33. The van der Waals surface area contributed by atoms with Crippen molar-refractivity contribution in [1.29, 1.82) is 0 Å². The monoisotopic (exact) mass is 341 g/mol. The molecule has 0 radical (unpaired) electrons. The molecule has 1 atom stereocenters. The number of carboxylic acids is 1. The molecule has 0 aromatic rings. The standard InChI is InChI=1S/C19H39N3O2/c1-4-5-6-7-8-9-10-11-12-13-14-15-16-17(18(23)24)21-19(20)22(2)3/h17H,4-16H2,1-3H3,(H2,20,21)(H,23,24). The van der Waals surface area contributed by atoms with Crippen LogP contribution in [0.15, 0.2) is 4.99 Å². The molecule has 0 aliphatic carbocycles. The molecule has 142 valence electrons. The maximum absolute atomic E-state index is 11.2. The van der Waals surface area contributed by atoms with Gasteiger partial charge in [0.25, 0.3) is 0 Å². The van der Waals surface area contributed by atoms with Crippen LogP contribution in [0.5, 0.6) is 0 Å². The van der Waals surface area contributed by atoms with Crippen LogP contribution in [0.1, 0.15) is 90.4 Å². The van der Waals surface area contributed by atoms with Gasteiger partial charge < -0.3 is 15.7 Å². The molecule has 0 saturated carbocycles. The van der Waals surface area contributed by atoms with E-state index in [2.05, 4.69) is 11.9 Å². The molecule has 0 aromatic carbocycles. The normalized spacial score (nSPS) is 13.0. The fraction of sp³-hybridized carbons (Fsp3) is 0.895. The van der Waals surface area contributed by atoms with Crippen molar-refractivity contribution < 1.29 is 9.90 Å². The van der Waals surface area contributed by atoms with E-state index in [9.17, 15) is 9.90 Å². The number of nitrogens with two attached hydrogens (primary N) is 1. The van der Waals surface area contributed by atoms with Gasteiger partial charge in [-0.05, 0) is 6.42 Å². The van der Waals surface area contributed by atoms with Crippen LogP contribution in [-0.4, -0.2) is 42.1 Å². The molecule has 0 saturated heterocycles. The quantitative estimate of drug-likeness (QED) is 0.263. The van der Waals surface area contributed by atoms with Gasteiger partial charge in [-0.2, -0.15) is 0 Å². The van der Waals surface area contributed by atoms with Crippen LogP contribution in [0.2, 0.25) is 0 Å². The van der Waals surface area contributed by atoms with Crippen molar-refractivity contribution in [3.05, 3.63) is 0 Å². The van der Waals surface area contributed by atoms with Crippen LogP contribution in [-0.2, 0) is 4.79 Å². The average Bonchev–Trinajstić information content (AvgIpc) is 2.54. The van der Waals surface area contributed by atoms with Crippen molar-refractivity contribution in [1.82, 2.24) is 4.90 Å². The Morgan fingerprint density at radius 3 is 1.71 bits per heavy atom. The van der Waals surface area contributed by atoms with Crippen LogP contribution in [0.3, 0.4) is 0 Å². The van der Waals surface area contributed by atoms with E-state index in [0.717, 1.165) is 12.8 Å². The number of guanidine groups is 1. The minimum Gasteiger partial charge on any atom is -0.480 e. The zero-order valence-corrected chi connectivity index (χ0v) is 16.1. The van der Waals surface area contributed by atoms with Crippen molar-refractivity contribution in [2.24, 2.45) is 10.7 Å². The average molecular weight is 342 g/mol. The second kappa shape index (κ2) is 15.3. The maximum atomic E-state index is 11.2. The van der Waals surface area contributed by atoms with E-state index in [1.165, 1.54) is 64.2 Å². The Hall–Kier alpha value is -1.26. The number of carboxylic acid groups (broad SMARTS) is 1. The zero-order chi connectivity index (χ0) is 18.2. The molecule has 3 N–H and O–H groups in total. The predicted molar refractivity (Wildman–Crippen MR) is 102 cm³/mol. The second-order valence-electron chi connectivity index (χ2n) is 6.91. The Labute approximate surface area is 148 Å². The second-order valence-corrected chi connectivity index (χ2v) is 6.91. The summed E-state index contributed by atoms with van der Waals surface area (Å²) >= 11 is 0. The molecule has 0 amide bonds. The van der Waals surface area contributed by atoms with E-state index in [1.807, 2.05) is 0 Å². The summed E-state index contributed by atoms with van der Waals surface area (Å²) in [5, 5.41) is 9.20. The number of nitrogens with zero attached hydrogens (tertiary/aromatic N) is 2. The topological polar surface area (TPSA) is 78.9 Å². The number of hydrogen-bond acceptors (Lipinski definition) is 2. The minimum absolute atomic E-state index is 0.279. The molecule has 0 aliphatic heterocycles. The van der Waals surface area contributed by atoms with Crippen LogP contribution >= 0.6 is 0 Å². The number of aliphatic carboxylic acids is 1. The SMILES string of the molecule is CCCCCCCCCCCCCCC(N=C(N)N(C)C)C(=O)O. The highest BCUT2D eigenvalue weighted by Crippen LogP contribution is 2.13. The molecule has 5 heteroatoms. The first kappa shape index (κ1) is 22.7. The first-order valence-corrected chi connectivity index (χ1v) is 9.72. The molecule has 0 spiro atoms. The minimum atomic E-state index is -0.886. The predicted octanol–water partition coefficient (Wildman–Crippen LogP) is 4.41. The lowest BCUT2D eigenvalue weighted by Gasteiger charge is -2.14. The summed E-state index contributed by atoms with van der Waals surface area (Å²) in [7, 11) is 3.53. The maximum Gasteiger partial charge on any atom is 0.328 e. The number of aliphatic imine (C=N–C) groups is 1. The zero-order valence-electron chi connectivity index (χ0n) is 16.1. The van der Waals surface area contributed by atoms with Crippen LogP contribution < -0.4 is 5.73 Å². The Balaban J connectivity index is 3.60. The van der Waals surface area contributed by atoms with E-state index in [1.54, 1.807) is 19.0 Å². The number of carbonyl (C=O) groups is 1. The summed E-state index contributed by atoms with van der Waals surface area (Å²) in [5.74, 6) is -0.607. The molecule has 24 heavy (non-hydrogen) atoms. The molecular formula is C19H39N3O2. The molecule has 0 aliphatic rings. The molecule has 0 aromatic heterocycles. The number of hydrogen-bond donors (Lipinski definition) is 2. The largest absolute Gasteiger partial charge is 0.480 e. The van der Waals surface area contributed by atoms with E-state index in [4.69, 9.17) is 5.73 Å². The molecule has 0 heterocycles. The fourth-order valence-corrected chi connectivity index (χ4v) is 2.70. The fourth-order valence-electron chi connectivity index (χ4n) is 2.70. The molecule has 0 rings (SSSR count). The van der Waals surface area contributed by atoms with Gasteiger partial charge in [-0.1, -0.05) is 84.0 Å². The lowest BCUT2D eigenvalue weighted by molar-refractivity contribution is -0.138. The Morgan fingerprint density at radius 2 is 1.33 bits per heavy atom. The lowest BCUT2D eigenvalue weighted by atomic mass is 10.0. The summed E-state index contributed by atoms with van der Waals surface area (Å²) < 4.78 is 0. The van der Waals surface area contributed by atoms with Crippen molar-refractivity contribution >= 4 is 11.9 Å². The Morgan fingerprint density at radius 1 is 0.917 bits per heavy atom. The summed E-state index contributed by atoms with van der Waals surface area (Å²) in [6.45, 7) is 2.25. The van der Waals surface area contributed by atoms with Gasteiger partial charge in [0.2, 0.25) is 0 Å². The van der Waals surface area contributed by atoms with Crippen molar-refractivity contribution in [3.8, 4) is 0 Å². The molecule has 0 bridgehead atoms. The summed E-state index contributed by atoms with van der Waals surface area (Å²) in [6, 6.07) is -0.712. The van der Waals surface area contributed by atoms with Gasteiger partial charge in [0.15, 0.2) is 12.0 Å². The van der Waals surface area contributed by atoms with Gasteiger partial charge >= 0.3 is 5.97 Å². The molecule has 5 nitrogen and oxygen atoms in total. The van der Waals surface area contributed by atoms with Crippen LogP contribution in [0, 0.1) is 0 Å². The van der Waals surface area contributed by atoms with Gasteiger partial charge in [-0.15, -0.1) is 0 Å². The van der Waals surface area contributed by atoms with Crippen molar-refractivity contribution in [3.63, 3.8) is 0 Å². The van der Waals surface area contributed by atoms with E-state index in [-0.39, 0.29) is 5.96 Å². The third-order valence-electron chi connectivity index (χ3n) is 4.36. The summed E-state index contributed by atoms with van der Waals surface area (Å²) in [4.78, 5) is 16.9. The van der Waals surface area contributed by atoms with Crippen molar-refractivity contribution in [2.45, 2.75) is 96.4 Å². The summed E-state index contributed by atoms with van der Waals surface area (Å²) in [6.07, 6.45) is 15.9. The smallest absolute Gasteiger partial charge is 0.328 e. The van der Waals surface area contributed by atoms with Crippen molar-refractivity contribution in [2.75, 3.05) is 14.1 Å². The molecule has 1 unspecified atom stereocenters. The molecule has 0 fully saturated rings. The Kier molecular flexibility index (Phi) is 14.5. The van der Waals surface area contributed by atoms with Gasteiger partial charge in [-0.3, -0.25) is 0 Å². The highest BCUT2D eigenvalue weighted by Gasteiger charge is 2.16. The van der Waals surface area contributed by atoms with Gasteiger partial charge in [0.1, 0.15) is 0 Å². The third-order valence-corrected chi connectivity index (χ3v) is 4.36. The summed E-state index contributed by atoms with van der Waals surface area (Å²) in [5.41, 5.74) is 5.70. The van der Waals surface area contributed by atoms with E-state index in [0.29, 0.717) is 6.42 Å². The van der Waals surface area contributed by atoms with Crippen LogP contribution in [0.25, 0.3) is 0 Å². The van der Waals surface area contributed by atoms with E-state index < -0.39 is 12.0 Å². The number of unbranched alkanes of at least 4 members (excludes halogenated alkanes) is 11. The van der Waals surface area contributed by atoms with Crippen LogP contribution in [0.4, 0.5) is 0 Å². The third kappa shape index (κ3) is 13.2. The number of rotatable bonds is 15. The van der Waals surface area contributed by atoms with Gasteiger partial charge in [0, 0.05) is 14.1 Å². The van der Waals surface area contributed by atoms with E-state index >= 15 is 0 Å². The first-order valence-electron chi connectivity index (χ1n) is 9.72. The molecular weight excluding hydrogens is 302 g/mol. The first-order chi connectivity index (χ1) is 11.5. The Bertz CT molecular complexity index is 344. The highest BCUT2D eigenvalue weighted by atomic mass is 16.4.